The van der Waals surface area contributed by atoms with Crippen LogP contribution in [0.15, 0.2) is 142 Å². The Labute approximate surface area is 302 Å². The molecule has 0 spiro atoms. The second-order valence-corrected chi connectivity index (χ2v) is 14.0. The number of hydrogen-bond donors (Lipinski definition) is 0. The molecule has 1 atom stereocenters. The zero-order valence-electron chi connectivity index (χ0n) is 29.4. The van der Waals surface area contributed by atoms with Crippen LogP contribution in [0.25, 0.3) is 34.3 Å². The lowest BCUT2D eigenvalue weighted by molar-refractivity contribution is -0.139. The first-order valence-electron chi connectivity index (χ1n) is 17.6. The van der Waals surface area contributed by atoms with Crippen LogP contribution in [0.3, 0.4) is 0 Å². The van der Waals surface area contributed by atoms with Gasteiger partial charge in [-0.1, -0.05) is 142 Å². The van der Waals surface area contributed by atoms with E-state index in [9.17, 15) is 9.59 Å². The smallest absolute Gasteiger partial charge is 0.338 e. The van der Waals surface area contributed by atoms with Crippen molar-refractivity contribution in [3.05, 3.63) is 169 Å². The number of ether oxygens (including phenoxy) is 1. The van der Waals surface area contributed by atoms with Crippen molar-refractivity contribution in [2.75, 3.05) is 6.61 Å². The number of carbonyl (C=O) groups is 1. The molecular weight excluding hydrogens is 651 g/mol. The van der Waals surface area contributed by atoms with Crippen molar-refractivity contribution in [1.29, 1.82) is 0 Å². The van der Waals surface area contributed by atoms with Gasteiger partial charge in [-0.2, -0.15) is 0 Å². The third-order valence-electron chi connectivity index (χ3n) is 9.26. The van der Waals surface area contributed by atoms with Crippen molar-refractivity contribution < 1.29 is 9.53 Å². The Morgan fingerprint density at radius 2 is 1.49 bits per heavy atom. The maximum Gasteiger partial charge on any atom is 0.338 e. The molecule has 0 saturated heterocycles. The largest absolute Gasteiger partial charge is 0.463 e. The predicted molar refractivity (Wildman–Crippen MR) is 207 cm³/mol. The first kappa shape index (κ1) is 33.9. The Morgan fingerprint density at radius 1 is 0.863 bits per heavy atom. The maximum absolute atomic E-state index is 14.7. The molecule has 0 radical (unpaired) electrons. The summed E-state index contributed by atoms with van der Waals surface area (Å²) in [5, 5.41) is 0. The normalized spacial score (nSPS) is 14.5. The minimum atomic E-state index is -0.660. The molecule has 2 aromatic heterocycles. The highest BCUT2D eigenvalue weighted by atomic mass is 32.1. The fourth-order valence-electron chi connectivity index (χ4n) is 6.84. The van der Waals surface area contributed by atoms with Gasteiger partial charge in [0.15, 0.2) is 4.80 Å². The number of carbonyl (C=O) groups excluding carboxylic acids is 1. The van der Waals surface area contributed by atoms with E-state index in [-0.39, 0.29) is 12.2 Å². The summed E-state index contributed by atoms with van der Waals surface area (Å²) in [7, 11) is 0. The van der Waals surface area contributed by atoms with Crippen molar-refractivity contribution in [2.24, 2.45) is 4.99 Å². The van der Waals surface area contributed by atoms with Crippen molar-refractivity contribution in [1.82, 2.24) is 9.13 Å². The van der Waals surface area contributed by atoms with Gasteiger partial charge in [0.1, 0.15) is 0 Å². The molecule has 1 aliphatic heterocycles. The molecule has 51 heavy (non-hydrogen) atoms. The molecule has 6 nitrogen and oxygen atoms in total. The highest BCUT2D eigenvalue weighted by molar-refractivity contribution is 7.07. The topological polar surface area (TPSA) is 65.6 Å². The highest BCUT2D eigenvalue weighted by Gasteiger charge is 2.34. The number of aromatic nitrogens is 2. The molecule has 0 bridgehead atoms. The highest BCUT2D eigenvalue weighted by Crippen LogP contribution is 2.37. The van der Waals surface area contributed by atoms with Gasteiger partial charge in [0.25, 0.3) is 5.56 Å². The monoisotopic (exact) mass is 691 g/mol. The predicted octanol–water partition coefficient (Wildman–Crippen LogP) is 8.83. The number of fused-ring (bicyclic) bond motifs is 1. The van der Waals surface area contributed by atoms with Gasteiger partial charge in [-0.25, -0.2) is 9.79 Å². The number of allylic oxidation sites excluding steroid dienone is 1. The molecule has 0 fully saturated rings. The maximum atomic E-state index is 14.7. The zero-order valence-corrected chi connectivity index (χ0v) is 30.2. The van der Waals surface area contributed by atoms with Crippen LogP contribution < -0.4 is 14.9 Å². The summed E-state index contributed by atoms with van der Waals surface area (Å²) in [5.41, 5.74) is 8.96. The van der Waals surface area contributed by atoms with Gasteiger partial charge in [-0.3, -0.25) is 9.36 Å². The van der Waals surface area contributed by atoms with Gasteiger partial charge < -0.3 is 9.30 Å². The van der Waals surface area contributed by atoms with Crippen LogP contribution in [-0.4, -0.2) is 21.7 Å². The number of thiazole rings is 1. The van der Waals surface area contributed by atoms with Crippen LogP contribution in [0, 0.1) is 0 Å². The van der Waals surface area contributed by atoms with Gasteiger partial charge in [-0.05, 0) is 65.8 Å². The van der Waals surface area contributed by atoms with E-state index in [4.69, 9.17) is 9.73 Å². The number of hydrogen-bond acceptors (Lipinski definition) is 5. The average molecular weight is 692 g/mol. The summed E-state index contributed by atoms with van der Waals surface area (Å²) >= 11 is 1.36. The van der Waals surface area contributed by atoms with Crippen LogP contribution in [0.2, 0.25) is 0 Å². The number of para-hydroxylation sites is 1. The van der Waals surface area contributed by atoms with Crippen LogP contribution in [0.5, 0.6) is 0 Å². The first-order valence-corrected chi connectivity index (χ1v) is 18.4. The molecule has 4 aromatic carbocycles. The lowest BCUT2D eigenvalue weighted by Crippen LogP contribution is -2.40. The zero-order chi connectivity index (χ0) is 35.5. The van der Waals surface area contributed by atoms with Crippen LogP contribution in [0.1, 0.15) is 69.2 Å². The van der Waals surface area contributed by atoms with E-state index >= 15 is 0 Å². The van der Waals surface area contributed by atoms with E-state index in [0.29, 0.717) is 32.9 Å². The van der Waals surface area contributed by atoms with E-state index in [1.54, 1.807) is 11.5 Å². The third-order valence-corrected chi connectivity index (χ3v) is 10.2. The SMILES string of the molecule is CCCC1=C(C(=O)OCC)[C@H](c2ccc(C(C)C)cc2)n2c(s/c(=C\c3cc(-c4ccccc4)n(-c4ccccc4)c3-c3ccccc3)c2=O)=N1. The van der Waals surface area contributed by atoms with E-state index in [1.807, 2.05) is 72.8 Å². The molecule has 7 rings (SSSR count). The number of esters is 1. The third kappa shape index (κ3) is 6.57. The van der Waals surface area contributed by atoms with Crippen LogP contribution in [0.4, 0.5) is 0 Å². The molecule has 256 valence electrons. The van der Waals surface area contributed by atoms with Gasteiger partial charge >= 0.3 is 5.97 Å². The lowest BCUT2D eigenvalue weighted by atomic mass is 9.92. The fraction of sp³-hybridized carbons (Fsp3) is 0.205. The molecule has 0 aliphatic carbocycles. The fourth-order valence-corrected chi connectivity index (χ4v) is 7.85. The molecule has 0 saturated carbocycles. The average Bonchev–Trinajstić information content (AvgIpc) is 3.69. The molecule has 3 heterocycles. The van der Waals surface area contributed by atoms with Crippen molar-refractivity contribution in [3.8, 4) is 28.2 Å². The van der Waals surface area contributed by atoms with E-state index < -0.39 is 12.0 Å². The standard InChI is InChI=1S/C44H41N3O3S/c1-5-16-36-39(43(49)50-6-2)41(33-25-23-30(24-26-33)29(3)4)47-42(48)38(51-44(47)45-36)28-34-27-37(31-17-10-7-11-18-31)46(35-21-14-9-15-22-35)40(34)32-19-12-8-13-20-32/h7-15,17-29,41H,5-6,16H2,1-4H3/b38-28-/t41-/m0/s1. The summed E-state index contributed by atoms with van der Waals surface area (Å²) in [4.78, 5) is 34.0. The van der Waals surface area contributed by atoms with Crippen molar-refractivity contribution in [2.45, 2.75) is 52.5 Å². The van der Waals surface area contributed by atoms with Gasteiger partial charge in [-0.15, -0.1) is 0 Å². The molecule has 7 heteroatoms. The quantitative estimate of drug-likeness (QED) is 0.135. The first-order chi connectivity index (χ1) is 24.9. The molecule has 1 aliphatic rings. The summed E-state index contributed by atoms with van der Waals surface area (Å²) in [5.74, 6) is -0.0877. The van der Waals surface area contributed by atoms with Gasteiger partial charge in [0.2, 0.25) is 0 Å². The van der Waals surface area contributed by atoms with E-state index in [1.165, 1.54) is 16.9 Å². The lowest BCUT2D eigenvalue weighted by Gasteiger charge is -2.26. The molecule has 6 aromatic rings. The van der Waals surface area contributed by atoms with Crippen LogP contribution >= 0.6 is 11.3 Å². The summed E-state index contributed by atoms with van der Waals surface area (Å²) in [6, 6.07) is 40.7. The summed E-state index contributed by atoms with van der Waals surface area (Å²) < 4.78 is 10.1. The molecule has 0 N–H and O–H groups in total. The molecular formula is C44H41N3O3S. The van der Waals surface area contributed by atoms with Crippen molar-refractivity contribution >= 4 is 23.4 Å². The Kier molecular flexibility index (Phi) is 9.82. The Morgan fingerprint density at radius 3 is 2.10 bits per heavy atom. The number of benzene rings is 4. The number of nitrogens with zero attached hydrogens (tertiary/aromatic N) is 3. The molecule has 0 amide bonds. The minimum absolute atomic E-state index is 0.193. The van der Waals surface area contributed by atoms with Gasteiger partial charge in [0, 0.05) is 11.3 Å². The van der Waals surface area contributed by atoms with Crippen LogP contribution in [-0.2, 0) is 9.53 Å². The van der Waals surface area contributed by atoms with E-state index in [0.717, 1.165) is 45.7 Å². The summed E-state index contributed by atoms with van der Waals surface area (Å²) in [6.07, 6.45) is 3.38. The minimum Gasteiger partial charge on any atom is -0.463 e. The van der Waals surface area contributed by atoms with Crippen molar-refractivity contribution in [3.63, 3.8) is 0 Å². The summed E-state index contributed by atoms with van der Waals surface area (Å²) in [6.45, 7) is 8.41. The van der Waals surface area contributed by atoms with Gasteiger partial charge in [0.05, 0.1) is 39.8 Å². The Balaban J connectivity index is 1.51. The molecule has 0 unspecified atom stereocenters. The van der Waals surface area contributed by atoms with E-state index in [2.05, 4.69) is 79.9 Å². The Bertz CT molecular complexity index is 2390. The number of rotatable bonds is 10. The Hall–Kier alpha value is -5.53. The second kappa shape index (κ2) is 14.8. The second-order valence-electron chi connectivity index (χ2n) is 13.0.